The number of hydrogen-bond donors (Lipinski definition) is 14. The number of nitrogens with zero attached hydrogens (tertiary/aromatic N) is 1. The summed E-state index contributed by atoms with van der Waals surface area (Å²) in [5.41, 5.74) is 22.8. The van der Waals surface area contributed by atoms with Gasteiger partial charge in [-0.15, -0.1) is 0 Å². The highest BCUT2D eigenvalue weighted by Gasteiger charge is 2.34. The van der Waals surface area contributed by atoms with Crippen molar-refractivity contribution in [2.24, 2.45) is 27.9 Å². The molecule has 1 aromatic carbocycles. The predicted octanol–water partition coefficient (Wildman–Crippen LogP) is -4.27. The molecular weight excluding hydrogens is 820 g/mol. The Hall–Kier alpha value is -7.31. The summed E-state index contributed by atoms with van der Waals surface area (Å²) < 4.78 is 0. The van der Waals surface area contributed by atoms with E-state index in [9.17, 15) is 58.2 Å². The molecule has 25 heteroatoms. The van der Waals surface area contributed by atoms with Crippen LogP contribution >= 0.6 is 0 Å². The first kappa shape index (κ1) is 50.8. The van der Waals surface area contributed by atoms with Crippen LogP contribution < -0.4 is 54.8 Å². The van der Waals surface area contributed by atoms with E-state index < -0.39 is 134 Å². The minimum atomic E-state index is -1.96. The number of aliphatic imine (C=N–C) groups is 1. The zero-order valence-corrected chi connectivity index (χ0v) is 34.0. The van der Waals surface area contributed by atoms with E-state index in [-0.39, 0.29) is 31.8 Å². The van der Waals surface area contributed by atoms with Gasteiger partial charge in [-0.25, -0.2) is 4.79 Å². The average molecular weight is 875 g/mol. The van der Waals surface area contributed by atoms with Gasteiger partial charge in [0.05, 0.1) is 12.5 Å². The van der Waals surface area contributed by atoms with Crippen molar-refractivity contribution < 1.29 is 63.3 Å². The van der Waals surface area contributed by atoms with Gasteiger partial charge in [-0.3, -0.25) is 48.1 Å². The number of aliphatic carboxylic acids is 3. The number of primary amides is 1. The van der Waals surface area contributed by atoms with Gasteiger partial charge >= 0.3 is 17.9 Å². The van der Waals surface area contributed by atoms with Gasteiger partial charge in [-0.1, -0.05) is 18.2 Å². The summed E-state index contributed by atoms with van der Waals surface area (Å²) >= 11 is 0. The van der Waals surface area contributed by atoms with Crippen molar-refractivity contribution in [1.82, 2.24) is 36.9 Å². The SMILES string of the molecule is C[C@H](N)C(=O)N[C@@H](C)C(=O)N[C@@H](CCCN=C(N)N)C(=O)N[C@@H](Cc1c[nH]c2ccccc12)C(=O)N[C@@H](CCC(=O)O)C(=O)N[C@@H](CCC(N)=O)C(=O)N[C@@H](CC(=O)O)C(=O)O. The van der Waals surface area contributed by atoms with Gasteiger partial charge < -0.3 is 75.1 Å². The van der Waals surface area contributed by atoms with Crippen molar-refractivity contribution in [1.29, 1.82) is 0 Å². The second-order valence-electron chi connectivity index (χ2n) is 14.2. The van der Waals surface area contributed by atoms with Gasteiger partial charge in [0.1, 0.15) is 36.3 Å². The third-order valence-electron chi connectivity index (χ3n) is 9.06. The number of carboxylic acid groups (broad SMARTS) is 3. The summed E-state index contributed by atoms with van der Waals surface area (Å²) in [6.07, 6.45) is -2.02. The lowest BCUT2D eigenvalue weighted by Crippen LogP contribution is -2.60. The van der Waals surface area contributed by atoms with Gasteiger partial charge in [0.2, 0.25) is 41.4 Å². The molecule has 0 aliphatic heterocycles. The van der Waals surface area contributed by atoms with Gasteiger partial charge in [-0.05, 0) is 51.2 Å². The maximum Gasteiger partial charge on any atom is 0.326 e. The van der Waals surface area contributed by atoms with Crippen molar-refractivity contribution in [3.8, 4) is 0 Å². The molecule has 340 valence electrons. The van der Waals surface area contributed by atoms with Gasteiger partial charge in [0, 0.05) is 42.9 Å². The monoisotopic (exact) mass is 874 g/mol. The molecule has 0 aliphatic carbocycles. The number of para-hydroxylation sites is 1. The first-order chi connectivity index (χ1) is 29.1. The molecule has 0 saturated heterocycles. The molecule has 1 aromatic heterocycles. The van der Waals surface area contributed by atoms with E-state index in [1.54, 1.807) is 30.5 Å². The van der Waals surface area contributed by atoms with Gasteiger partial charge in [-0.2, -0.15) is 0 Å². The van der Waals surface area contributed by atoms with Crippen LogP contribution in [0.4, 0.5) is 0 Å². The second kappa shape index (κ2) is 24.7. The topological polar surface area (TPSA) is 436 Å². The Morgan fingerprint density at radius 1 is 0.645 bits per heavy atom. The molecule has 25 nitrogen and oxygen atoms in total. The number of nitrogens with two attached hydrogens (primary N) is 4. The Morgan fingerprint density at radius 3 is 1.69 bits per heavy atom. The first-order valence-corrected chi connectivity index (χ1v) is 19.2. The Morgan fingerprint density at radius 2 is 1.16 bits per heavy atom. The van der Waals surface area contributed by atoms with Crippen LogP contribution in [-0.2, 0) is 54.4 Å². The molecule has 0 unspecified atom stereocenters. The number of aromatic nitrogens is 1. The van der Waals surface area contributed by atoms with Crippen LogP contribution in [0.1, 0.15) is 64.4 Å². The van der Waals surface area contributed by atoms with Crippen LogP contribution in [0.3, 0.4) is 0 Å². The van der Waals surface area contributed by atoms with E-state index >= 15 is 0 Å². The molecule has 0 fully saturated rings. The van der Waals surface area contributed by atoms with Crippen LogP contribution in [0.2, 0.25) is 0 Å². The fourth-order valence-electron chi connectivity index (χ4n) is 5.77. The van der Waals surface area contributed by atoms with E-state index in [1.165, 1.54) is 13.8 Å². The molecule has 62 heavy (non-hydrogen) atoms. The third-order valence-corrected chi connectivity index (χ3v) is 9.06. The minimum Gasteiger partial charge on any atom is -0.481 e. The molecule has 0 aliphatic rings. The molecule has 18 N–H and O–H groups in total. The summed E-state index contributed by atoms with van der Waals surface area (Å²) in [5.74, 6) is -11.7. The predicted molar refractivity (Wildman–Crippen MR) is 218 cm³/mol. The van der Waals surface area contributed by atoms with E-state index in [4.69, 9.17) is 28.0 Å². The lowest BCUT2D eigenvalue weighted by Gasteiger charge is -2.27. The summed E-state index contributed by atoms with van der Waals surface area (Å²) in [6, 6.07) is -3.53. The number of amides is 7. The zero-order chi connectivity index (χ0) is 46.7. The summed E-state index contributed by atoms with van der Waals surface area (Å²) in [6.45, 7) is 2.78. The van der Waals surface area contributed by atoms with Crippen molar-refractivity contribution in [2.75, 3.05) is 6.54 Å². The normalized spacial score (nSPS) is 14.2. The molecule has 2 rings (SSSR count). The number of rotatable bonds is 27. The van der Waals surface area contributed by atoms with Crippen LogP contribution in [0.25, 0.3) is 10.9 Å². The number of benzene rings is 1. The summed E-state index contributed by atoms with van der Waals surface area (Å²) in [7, 11) is 0. The molecule has 0 bridgehead atoms. The number of aromatic amines is 1. The number of hydrogen-bond acceptors (Lipinski definition) is 12. The molecule has 2 aromatic rings. The standard InChI is InChI=1S/C37H54N12O13/c1-17(38)30(55)44-18(2)31(56)45-22(8-5-13-42-37(40)41)32(57)48-25(14-19-16-43-21-7-4-3-6-20(19)21)35(60)47-24(10-12-28(51)52)33(58)46-23(9-11-27(39)50)34(59)49-26(36(61)62)15-29(53)54/h3-4,6-7,16-18,22-26,43H,5,8-15,38H2,1-2H3,(H2,39,50)(H,44,55)(H,45,56)(H,46,58)(H,47,60)(H,48,57)(H,49,59)(H,51,52)(H,53,54)(H,61,62)(H4,40,41,42)/t17-,18-,22-,23-,24-,25-,26-/m0/s1. The molecular formula is C37H54N12O13. The summed E-state index contributed by atoms with van der Waals surface area (Å²) in [4.78, 5) is 134. The van der Waals surface area contributed by atoms with E-state index in [0.29, 0.717) is 16.5 Å². The van der Waals surface area contributed by atoms with Crippen molar-refractivity contribution >= 4 is 76.1 Å². The first-order valence-electron chi connectivity index (χ1n) is 19.2. The Bertz CT molecular complexity index is 2000. The molecule has 1 heterocycles. The molecule has 7 amide bonds. The number of H-pyrrole nitrogens is 1. The van der Waals surface area contributed by atoms with E-state index in [1.807, 2.05) is 5.32 Å². The average Bonchev–Trinajstić information content (AvgIpc) is 3.60. The second-order valence-corrected chi connectivity index (χ2v) is 14.2. The number of carbonyl (C=O) groups is 10. The highest BCUT2D eigenvalue weighted by atomic mass is 16.4. The number of fused-ring (bicyclic) bond motifs is 1. The number of guanidine groups is 1. The molecule has 0 radical (unpaired) electrons. The van der Waals surface area contributed by atoms with Crippen molar-refractivity contribution in [3.05, 3.63) is 36.0 Å². The number of carbonyl (C=O) groups excluding carboxylic acids is 7. The summed E-state index contributed by atoms with van der Waals surface area (Å²) in [5, 5.41) is 42.8. The fraction of sp³-hybridized carbons (Fsp3) is 0.486. The van der Waals surface area contributed by atoms with Gasteiger partial charge in [0.25, 0.3) is 0 Å². The quantitative estimate of drug-likeness (QED) is 0.0230. The highest BCUT2D eigenvalue weighted by Crippen LogP contribution is 2.20. The zero-order valence-electron chi connectivity index (χ0n) is 34.0. The van der Waals surface area contributed by atoms with E-state index in [2.05, 4.69) is 36.6 Å². The highest BCUT2D eigenvalue weighted by molar-refractivity contribution is 5.98. The lowest BCUT2D eigenvalue weighted by atomic mass is 10.0. The van der Waals surface area contributed by atoms with Crippen LogP contribution in [0, 0.1) is 0 Å². The van der Waals surface area contributed by atoms with Crippen molar-refractivity contribution in [3.63, 3.8) is 0 Å². The largest absolute Gasteiger partial charge is 0.481 e. The lowest BCUT2D eigenvalue weighted by molar-refractivity contribution is -0.147. The maximum absolute atomic E-state index is 14.2. The Balaban J connectivity index is 2.53. The van der Waals surface area contributed by atoms with Crippen molar-refractivity contribution in [2.45, 2.75) is 108 Å². The van der Waals surface area contributed by atoms with E-state index in [0.717, 1.165) is 0 Å². The van der Waals surface area contributed by atoms with Gasteiger partial charge in [0.15, 0.2) is 5.96 Å². The van der Waals surface area contributed by atoms with Crippen LogP contribution in [0.15, 0.2) is 35.5 Å². The fourth-order valence-corrected chi connectivity index (χ4v) is 5.77. The third kappa shape index (κ3) is 17.5. The Labute approximate surface area is 353 Å². The number of nitrogens with one attached hydrogen (secondary N) is 7. The molecule has 0 spiro atoms. The smallest absolute Gasteiger partial charge is 0.326 e. The van der Waals surface area contributed by atoms with Crippen LogP contribution in [-0.4, -0.2) is 134 Å². The van der Waals surface area contributed by atoms with Crippen LogP contribution in [0.5, 0.6) is 0 Å². The number of carboxylic acids is 3. The maximum atomic E-state index is 14.2. The molecule has 7 atom stereocenters. The minimum absolute atomic E-state index is 0.0353. The molecule has 0 saturated carbocycles. The Kier molecular flexibility index (Phi) is 20.2.